The van der Waals surface area contributed by atoms with Gasteiger partial charge in [-0.15, -0.1) is 11.8 Å². The maximum atomic E-state index is 12.3. The van der Waals surface area contributed by atoms with Crippen molar-refractivity contribution in [3.05, 3.63) is 82.9 Å². The molecule has 2 aromatic carbocycles. The molecule has 3 aromatic rings. The summed E-state index contributed by atoms with van der Waals surface area (Å²) in [4.78, 5) is 28.6. The minimum Gasteiger partial charge on any atom is -0.497 e. The number of methoxy groups -OCH3 is 1. The topological polar surface area (TPSA) is 73.2 Å². The van der Waals surface area contributed by atoms with Gasteiger partial charge in [-0.3, -0.25) is 14.2 Å². The van der Waals surface area contributed by atoms with Crippen molar-refractivity contribution >= 4 is 17.7 Å². The highest BCUT2D eigenvalue weighted by Crippen LogP contribution is 2.19. The Morgan fingerprint density at radius 2 is 1.90 bits per heavy atom. The summed E-state index contributed by atoms with van der Waals surface area (Å²) in [7, 11) is 1.61. The van der Waals surface area contributed by atoms with Crippen LogP contribution < -0.4 is 15.6 Å². The molecule has 0 atom stereocenters. The van der Waals surface area contributed by atoms with Crippen LogP contribution in [0.5, 0.6) is 5.75 Å². The van der Waals surface area contributed by atoms with Crippen molar-refractivity contribution in [2.45, 2.75) is 12.3 Å². The molecule has 7 heteroatoms. The zero-order valence-electron chi connectivity index (χ0n) is 16.2. The number of amides is 1. The second-order valence-electron chi connectivity index (χ2n) is 6.36. The van der Waals surface area contributed by atoms with Gasteiger partial charge in [0.05, 0.1) is 24.9 Å². The van der Waals surface area contributed by atoms with Gasteiger partial charge in [0.1, 0.15) is 5.75 Å². The van der Waals surface area contributed by atoms with E-state index in [0.717, 1.165) is 17.1 Å². The third-order valence-electron chi connectivity index (χ3n) is 4.28. The number of hydrogen-bond donors (Lipinski definition) is 1. The van der Waals surface area contributed by atoms with E-state index in [9.17, 15) is 9.59 Å². The van der Waals surface area contributed by atoms with Crippen molar-refractivity contribution in [3.8, 4) is 17.0 Å². The van der Waals surface area contributed by atoms with Gasteiger partial charge < -0.3 is 10.1 Å². The Morgan fingerprint density at radius 1 is 1.14 bits per heavy atom. The molecule has 0 saturated heterocycles. The molecule has 1 N–H and O–H groups in total. The summed E-state index contributed by atoms with van der Waals surface area (Å²) in [6.45, 7) is 0.762. The summed E-state index contributed by atoms with van der Waals surface area (Å²) in [5.41, 5.74) is 2.49. The van der Waals surface area contributed by atoms with Crippen LogP contribution in [0.3, 0.4) is 0 Å². The molecule has 0 aliphatic rings. The normalized spacial score (nSPS) is 10.5. The monoisotopic (exact) mass is 409 g/mol. The first-order chi connectivity index (χ1) is 14.2. The van der Waals surface area contributed by atoms with Gasteiger partial charge in [-0.25, -0.2) is 4.98 Å². The average molecular weight is 410 g/mol. The van der Waals surface area contributed by atoms with Crippen molar-refractivity contribution in [2.24, 2.45) is 0 Å². The highest BCUT2D eigenvalue weighted by atomic mass is 32.2. The van der Waals surface area contributed by atoms with Crippen LogP contribution in [0.1, 0.15) is 5.56 Å². The molecule has 3 rings (SSSR count). The molecule has 0 saturated carbocycles. The van der Waals surface area contributed by atoms with Crippen LogP contribution in [-0.2, 0) is 17.1 Å². The van der Waals surface area contributed by atoms with Crippen LogP contribution in [0, 0.1) is 0 Å². The van der Waals surface area contributed by atoms with Crippen molar-refractivity contribution in [1.82, 2.24) is 14.9 Å². The number of carbonyl (C=O) groups is 1. The molecule has 0 unspecified atom stereocenters. The molecule has 1 aromatic heterocycles. The number of carbonyl (C=O) groups excluding carboxylic acids is 1. The van der Waals surface area contributed by atoms with Crippen LogP contribution in [0.15, 0.2) is 71.8 Å². The Morgan fingerprint density at radius 3 is 2.59 bits per heavy atom. The Bertz CT molecular complexity index is 988. The predicted molar refractivity (Wildman–Crippen MR) is 116 cm³/mol. The van der Waals surface area contributed by atoms with E-state index in [4.69, 9.17) is 4.74 Å². The van der Waals surface area contributed by atoms with E-state index >= 15 is 0 Å². The Hall–Kier alpha value is -3.06. The molecule has 1 amide bonds. The molecule has 0 aliphatic carbocycles. The second kappa shape index (κ2) is 10.5. The molecule has 0 bridgehead atoms. The minimum atomic E-state index is -0.154. The fourth-order valence-corrected chi connectivity index (χ4v) is 3.53. The van der Waals surface area contributed by atoms with E-state index in [1.165, 1.54) is 22.5 Å². The Labute approximate surface area is 173 Å². The number of benzene rings is 2. The molecule has 0 spiro atoms. The first kappa shape index (κ1) is 20.7. The maximum Gasteiger partial charge on any atom is 0.253 e. The smallest absolute Gasteiger partial charge is 0.253 e. The lowest BCUT2D eigenvalue weighted by Gasteiger charge is -2.08. The van der Waals surface area contributed by atoms with E-state index < -0.39 is 0 Å². The first-order valence-corrected chi connectivity index (χ1v) is 10.4. The molecular formula is C22H23N3O3S. The van der Waals surface area contributed by atoms with Gasteiger partial charge >= 0.3 is 0 Å². The molecule has 150 valence electrons. The molecule has 29 heavy (non-hydrogen) atoms. The van der Waals surface area contributed by atoms with E-state index in [2.05, 4.69) is 10.3 Å². The Kier molecular flexibility index (Phi) is 7.47. The van der Waals surface area contributed by atoms with Crippen LogP contribution >= 0.6 is 11.8 Å². The van der Waals surface area contributed by atoms with Crippen molar-refractivity contribution in [1.29, 1.82) is 0 Å². The third-order valence-corrected chi connectivity index (χ3v) is 5.29. The van der Waals surface area contributed by atoms with Gasteiger partial charge in [0.2, 0.25) is 5.91 Å². The summed E-state index contributed by atoms with van der Waals surface area (Å²) in [5, 5.41) is 2.84. The maximum absolute atomic E-state index is 12.3. The van der Waals surface area contributed by atoms with Gasteiger partial charge in [-0.05, 0) is 29.8 Å². The fraction of sp³-hybridized carbons (Fsp3) is 0.227. The van der Waals surface area contributed by atoms with Gasteiger partial charge in [0, 0.05) is 30.5 Å². The first-order valence-electron chi connectivity index (χ1n) is 9.25. The zero-order chi connectivity index (χ0) is 20.5. The minimum absolute atomic E-state index is 0.0400. The molecule has 0 aliphatic heterocycles. The van der Waals surface area contributed by atoms with Crippen LogP contribution in [0.4, 0.5) is 0 Å². The highest BCUT2D eigenvalue weighted by molar-refractivity contribution is 7.99. The number of nitrogens with zero attached hydrogens (tertiary/aromatic N) is 2. The standard InChI is InChI=1S/C22H23N3O3S/c1-28-19-9-7-18(8-10-19)20-13-22(27)25(16-24-20)12-11-23-21(26)15-29-14-17-5-3-2-4-6-17/h2-10,13,16H,11-12,14-15H2,1H3,(H,23,26). The lowest BCUT2D eigenvalue weighted by molar-refractivity contribution is -0.118. The Balaban J connectivity index is 1.45. The summed E-state index contributed by atoms with van der Waals surface area (Å²) >= 11 is 1.56. The highest BCUT2D eigenvalue weighted by Gasteiger charge is 2.05. The van der Waals surface area contributed by atoms with Crippen molar-refractivity contribution in [2.75, 3.05) is 19.4 Å². The summed E-state index contributed by atoms with van der Waals surface area (Å²) in [5.74, 6) is 1.89. The predicted octanol–water partition coefficient (Wildman–Crippen LogP) is 2.97. The number of rotatable bonds is 9. The lowest BCUT2D eigenvalue weighted by Crippen LogP contribution is -2.31. The largest absolute Gasteiger partial charge is 0.497 e. The van der Waals surface area contributed by atoms with E-state index in [-0.39, 0.29) is 11.5 Å². The van der Waals surface area contributed by atoms with Crippen LogP contribution in [0.25, 0.3) is 11.3 Å². The van der Waals surface area contributed by atoms with Gasteiger partial charge in [-0.2, -0.15) is 0 Å². The number of ether oxygens (including phenoxy) is 1. The van der Waals surface area contributed by atoms with E-state index in [1.807, 2.05) is 54.6 Å². The summed E-state index contributed by atoms with van der Waals surface area (Å²) in [6, 6.07) is 18.9. The molecule has 0 fully saturated rings. The summed E-state index contributed by atoms with van der Waals surface area (Å²) < 4.78 is 6.63. The lowest BCUT2D eigenvalue weighted by atomic mass is 10.1. The average Bonchev–Trinajstić information content (AvgIpc) is 2.75. The molecule has 6 nitrogen and oxygen atoms in total. The zero-order valence-corrected chi connectivity index (χ0v) is 17.0. The van der Waals surface area contributed by atoms with Gasteiger partial charge in [-0.1, -0.05) is 30.3 Å². The van der Waals surface area contributed by atoms with Crippen molar-refractivity contribution in [3.63, 3.8) is 0 Å². The van der Waals surface area contributed by atoms with Gasteiger partial charge in [0.25, 0.3) is 5.56 Å². The van der Waals surface area contributed by atoms with Crippen molar-refractivity contribution < 1.29 is 9.53 Å². The summed E-state index contributed by atoms with van der Waals surface area (Å²) in [6.07, 6.45) is 1.51. The molecule has 1 heterocycles. The third kappa shape index (κ3) is 6.22. The quantitative estimate of drug-likeness (QED) is 0.588. The molecule has 0 radical (unpaired) electrons. The fourth-order valence-electron chi connectivity index (χ4n) is 2.72. The second-order valence-corrected chi connectivity index (χ2v) is 7.35. The molecular weight excluding hydrogens is 386 g/mol. The SMILES string of the molecule is COc1ccc(-c2cc(=O)n(CCNC(=O)CSCc3ccccc3)cn2)cc1. The number of aromatic nitrogens is 2. The van der Waals surface area contributed by atoms with E-state index in [0.29, 0.717) is 24.5 Å². The van der Waals surface area contributed by atoms with Gasteiger partial charge in [0.15, 0.2) is 0 Å². The number of thioether (sulfide) groups is 1. The van der Waals surface area contributed by atoms with E-state index in [1.54, 1.807) is 18.9 Å². The van der Waals surface area contributed by atoms with Crippen LogP contribution in [-0.4, -0.2) is 34.9 Å². The van der Waals surface area contributed by atoms with Crippen LogP contribution in [0.2, 0.25) is 0 Å². The number of nitrogens with one attached hydrogen (secondary N) is 1. The number of hydrogen-bond acceptors (Lipinski definition) is 5.